The van der Waals surface area contributed by atoms with Crippen molar-refractivity contribution in [1.29, 1.82) is 0 Å². The fraction of sp³-hybridized carbons (Fsp3) is 0.261. The number of amides is 1. The van der Waals surface area contributed by atoms with Gasteiger partial charge in [-0.2, -0.15) is 0 Å². The normalized spacial score (nSPS) is 10.4. The fourth-order valence-electron chi connectivity index (χ4n) is 3.13. The second-order valence-corrected chi connectivity index (χ2v) is 6.70. The van der Waals surface area contributed by atoms with Crippen molar-refractivity contribution in [3.8, 4) is 5.75 Å². The monoisotopic (exact) mass is 390 g/mol. The van der Waals surface area contributed by atoms with E-state index in [4.69, 9.17) is 4.74 Å². The van der Waals surface area contributed by atoms with Crippen molar-refractivity contribution in [3.63, 3.8) is 0 Å². The van der Waals surface area contributed by atoms with Crippen LogP contribution >= 0.6 is 0 Å². The summed E-state index contributed by atoms with van der Waals surface area (Å²) >= 11 is 0. The summed E-state index contributed by atoms with van der Waals surface area (Å²) < 4.78 is 5.23. The summed E-state index contributed by atoms with van der Waals surface area (Å²) in [5.74, 6) is 1.30. The van der Waals surface area contributed by atoms with Gasteiger partial charge in [-0.25, -0.2) is 9.97 Å². The van der Waals surface area contributed by atoms with E-state index < -0.39 is 0 Å². The predicted octanol–water partition coefficient (Wildman–Crippen LogP) is 3.92. The highest BCUT2D eigenvalue weighted by molar-refractivity contribution is 5.93. The Hall–Kier alpha value is -3.41. The Labute approximate surface area is 171 Å². The number of carbonyl (C=O) groups is 1. The highest BCUT2D eigenvalue weighted by Crippen LogP contribution is 2.24. The molecule has 0 radical (unpaired) electrons. The molecule has 2 aromatic carbocycles. The first-order valence-electron chi connectivity index (χ1n) is 9.68. The number of aryl methyl sites for hydroxylation is 1. The van der Waals surface area contributed by atoms with Crippen molar-refractivity contribution < 1.29 is 9.53 Å². The minimum atomic E-state index is -0.211. The molecule has 1 N–H and O–H groups in total. The number of nitrogens with zero attached hydrogens (tertiary/aromatic N) is 3. The fourth-order valence-corrected chi connectivity index (χ4v) is 3.13. The summed E-state index contributed by atoms with van der Waals surface area (Å²) in [4.78, 5) is 23.1. The Balaban J connectivity index is 1.67. The molecule has 1 amide bonds. The van der Waals surface area contributed by atoms with E-state index in [0.29, 0.717) is 24.5 Å². The van der Waals surface area contributed by atoms with E-state index in [1.807, 2.05) is 36.4 Å². The molecule has 150 valence electrons. The predicted molar refractivity (Wildman–Crippen MR) is 115 cm³/mol. The molecule has 0 spiro atoms. The largest absolute Gasteiger partial charge is 0.497 e. The number of methoxy groups -OCH3 is 1. The number of benzene rings is 2. The van der Waals surface area contributed by atoms with E-state index in [2.05, 4.69) is 46.2 Å². The van der Waals surface area contributed by atoms with Gasteiger partial charge < -0.3 is 15.0 Å². The molecule has 1 heterocycles. The second-order valence-electron chi connectivity index (χ2n) is 6.70. The van der Waals surface area contributed by atoms with E-state index in [1.165, 1.54) is 11.9 Å². The molecule has 0 fully saturated rings. The maximum absolute atomic E-state index is 12.6. The summed E-state index contributed by atoms with van der Waals surface area (Å²) in [6.07, 6.45) is 2.15. The molecular weight excluding hydrogens is 364 g/mol. The maximum Gasteiger partial charge on any atom is 0.270 e. The molecular formula is C23H26N4O2. The van der Waals surface area contributed by atoms with Gasteiger partial charge >= 0.3 is 0 Å². The number of anilines is 2. The van der Waals surface area contributed by atoms with Gasteiger partial charge in [-0.3, -0.25) is 4.79 Å². The van der Waals surface area contributed by atoms with Crippen LogP contribution in [0.2, 0.25) is 0 Å². The highest BCUT2D eigenvalue weighted by atomic mass is 16.5. The lowest BCUT2D eigenvalue weighted by molar-refractivity contribution is 0.0949. The Morgan fingerprint density at radius 2 is 1.93 bits per heavy atom. The molecule has 3 aromatic rings. The van der Waals surface area contributed by atoms with Crippen molar-refractivity contribution in [2.75, 3.05) is 25.1 Å². The van der Waals surface area contributed by atoms with Crippen LogP contribution in [-0.2, 0) is 6.42 Å². The van der Waals surface area contributed by atoms with E-state index in [9.17, 15) is 4.79 Å². The molecule has 0 atom stereocenters. The second kappa shape index (κ2) is 9.68. The molecule has 0 aliphatic rings. The van der Waals surface area contributed by atoms with Crippen molar-refractivity contribution in [2.45, 2.75) is 20.3 Å². The van der Waals surface area contributed by atoms with Crippen molar-refractivity contribution in [1.82, 2.24) is 15.3 Å². The molecule has 0 aliphatic carbocycles. The van der Waals surface area contributed by atoms with Gasteiger partial charge in [-0.05, 0) is 55.7 Å². The number of ether oxygens (including phenoxy) is 1. The highest BCUT2D eigenvalue weighted by Gasteiger charge is 2.13. The standard InChI is InChI=1S/C23H26N4O2/c1-4-27(19-9-5-7-17(2)13-19)22-15-21(25-16-26-22)23(28)24-12-11-18-8-6-10-20(14-18)29-3/h5-10,13-16H,4,11-12H2,1-3H3,(H,24,28). The molecule has 0 aliphatic heterocycles. The van der Waals surface area contributed by atoms with Crippen LogP contribution in [0.1, 0.15) is 28.5 Å². The van der Waals surface area contributed by atoms with Crippen molar-refractivity contribution >= 4 is 17.4 Å². The van der Waals surface area contributed by atoms with Crippen molar-refractivity contribution in [3.05, 3.63) is 77.7 Å². The lowest BCUT2D eigenvalue weighted by atomic mass is 10.1. The Morgan fingerprint density at radius 3 is 2.69 bits per heavy atom. The maximum atomic E-state index is 12.6. The molecule has 29 heavy (non-hydrogen) atoms. The Morgan fingerprint density at radius 1 is 1.10 bits per heavy atom. The zero-order valence-electron chi connectivity index (χ0n) is 17.1. The molecule has 6 heteroatoms. The van der Waals surface area contributed by atoms with Crippen LogP contribution in [0.25, 0.3) is 0 Å². The van der Waals surface area contributed by atoms with E-state index in [0.717, 1.165) is 23.5 Å². The Kier molecular flexibility index (Phi) is 6.79. The SMILES string of the molecule is CCN(c1cccc(C)c1)c1cc(C(=O)NCCc2cccc(OC)c2)ncn1. The summed E-state index contributed by atoms with van der Waals surface area (Å²) in [5.41, 5.74) is 3.66. The average molecular weight is 390 g/mol. The third kappa shape index (κ3) is 5.31. The summed E-state index contributed by atoms with van der Waals surface area (Å²) in [6, 6.07) is 17.8. The summed E-state index contributed by atoms with van der Waals surface area (Å²) in [7, 11) is 1.64. The van der Waals surface area contributed by atoms with Gasteiger partial charge in [0.15, 0.2) is 0 Å². The molecule has 3 rings (SSSR count). The third-order valence-corrected chi connectivity index (χ3v) is 4.62. The van der Waals surface area contributed by atoms with Gasteiger partial charge in [-0.15, -0.1) is 0 Å². The quantitative estimate of drug-likeness (QED) is 0.631. The minimum Gasteiger partial charge on any atom is -0.497 e. The number of hydrogen-bond donors (Lipinski definition) is 1. The molecule has 6 nitrogen and oxygen atoms in total. The van der Waals surface area contributed by atoms with Crippen LogP contribution < -0.4 is 15.0 Å². The number of rotatable bonds is 8. The van der Waals surface area contributed by atoms with Crippen LogP contribution in [0.5, 0.6) is 5.75 Å². The first-order valence-corrected chi connectivity index (χ1v) is 9.68. The van der Waals surface area contributed by atoms with Gasteiger partial charge in [0.05, 0.1) is 7.11 Å². The summed E-state index contributed by atoms with van der Waals surface area (Å²) in [6.45, 7) is 5.36. The lowest BCUT2D eigenvalue weighted by Gasteiger charge is -2.22. The minimum absolute atomic E-state index is 0.211. The summed E-state index contributed by atoms with van der Waals surface area (Å²) in [5, 5.41) is 2.93. The van der Waals surface area contributed by atoms with Crippen LogP contribution in [-0.4, -0.2) is 36.1 Å². The van der Waals surface area contributed by atoms with Crippen LogP contribution in [0.15, 0.2) is 60.9 Å². The third-order valence-electron chi connectivity index (χ3n) is 4.62. The first-order chi connectivity index (χ1) is 14.1. The van der Waals surface area contributed by atoms with Crippen LogP contribution in [0.3, 0.4) is 0 Å². The number of hydrogen-bond acceptors (Lipinski definition) is 5. The smallest absolute Gasteiger partial charge is 0.270 e. The van der Waals surface area contributed by atoms with E-state index >= 15 is 0 Å². The number of aromatic nitrogens is 2. The molecule has 1 aromatic heterocycles. The average Bonchev–Trinajstić information content (AvgIpc) is 2.75. The van der Waals surface area contributed by atoms with Gasteiger partial charge in [-0.1, -0.05) is 24.3 Å². The molecule has 0 saturated carbocycles. The van der Waals surface area contributed by atoms with E-state index in [1.54, 1.807) is 13.2 Å². The van der Waals surface area contributed by atoms with Crippen molar-refractivity contribution in [2.24, 2.45) is 0 Å². The molecule has 0 bridgehead atoms. The topological polar surface area (TPSA) is 67.4 Å². The molecule has 0 unspecified atom stereocenters. The zero-order chi connectivity index (χ0) is 20.6. The number of nitrogens with one attached hydrogen (secondary N) is 1. The number of carbonyl (C=O) groups excluding carboxylic acids is 1. The van der Waals surface area contributed by atoms with Gasteiger partial charge in [0.2, 0.25) is 0 Å². The lowest BCUT2D eigenvalue weighted by Crippen LogP contribution is -2.27. The van der Waals surface area contributed by atoms with Crippen LogP contribution in [0, 0.1) is 6.92 Å². The van der Waals surface area contributed by atoms with E-state index in [-0.39, 0.29) is 5.91 Å². The van der Waals surface area contributed by atoms with Gasteiger partial charge in [0, 0.05) is 24.8 Å². The Bertz CT molecular complexity index is 974. The first kappa shape index (κ1) is 20.3. The van der Waals surface area contributed by atoms with Gasteiger partial charge in [0.1, 0.15) is 23.6 Å². The zero-order valence-corrected chi connectivity index (χ0v) is 17.1. The van der Waals surface area contributed by atoms with Crippen LogP contribution in [0.4, 0.5) is 11.5 Å². The molecule has 0 saturated heterocycles. The van der Waals surface area contributed by atoms with Gasteiger partial charge in [0.25, 0.3) is 5.91 Å².